The van der Waals surface area contributed by atoms with Crippen LogP contribution in [0.1, 0.15) is 39.5 Å². The van der Waals surface area contributed by atoms with Gasteiger partial charge >= 0.3 is 0 Å². The van der Waals surface area contributed by atoms with Gasteiger partial charge in [-0.2, -0.15) is 0 Å². The van der Waals surface area contributed by atoms with E-state index < -0.39 is 0 Å². The molecule has 0 aliphatic heterocycles. The zero-order valence-electron chi connectivity index (χ0n) is 7.14. The second kappa shape index (κ2) is 2.25. The lowest BCUT2D eigenvalue weighted by Gasteiger charge is -2.51. The summed E-state index contributed by atoms with van der Waals surface area (Å²) in [6.45, 7) is 4.80. The van der Waals surface area contributed by atoms with Crippen molar-refractivity contribution in [3.8, 4) is 0 Å². The number of hydrogen-bond acceptors (Lipinski definition) is 0. The van der Waals surface area contributed by atoms with Crippen molar-refractivity contribution >= 4 is 0 Å². The minimum atomic E-state index is 0.962. The summed E-state index contributed by atoms with van der Waals surface area (Å²) in [5.41, 5.74) is 0. The van der Waals surface area contributed by atoms with Crippen molar-refractivity contribution in [3.05, 3.63) is 0 Å². The first kappa shape index (κ1) is 6.69. The minimum Gasteiger partial charge on any atom is -0.0625 e. The maximum Gasteiger partial charge on any atom is -0.0334 e. The lowest BCUT2D eigenvalue weighted by atomic mass is 9.54. The average Bonchev–Trinajstić information content (AvgIpc) is 1.87. The Morgan fingerprint density at radius 3 is 2.00 bits per heavy atom. The van der Waals surface area contributed by atoms with E-state index >= 15 is 0 Å². The largest absolute Gasteiger partial charge is 0.0625 e. The Morgan fingerprint density at radius 2 is 1.70 bits per heavy atom. The molecule has 0 amide bonds. The summed E-state index contributed by atoms with van der Waals surface area (Å²) in [5, 5.41) is 0. The molecule has 0 aromatic heterocycles. The molecule has 3 rings (SSSR count). The molecule has 0 nitrogen and oxygen atoms in total. The fourth-order valence-corrected chi connectivity index (χ4v) is 3.24. The van der Waals surface area contributed by atoms with E-state index in [4.69, 9.17) is 0 Å². The van der Waals surface area contributed by atoms with Gasteiger partial charge in [0.2, 0.25) is 0 Å². The quantitative estimate of drug-likeness (QED) is 0.522. The van der Waals surface area contributed by atoms with Crippen LogP contribution in [0.4, 0.5) is 0 Å². The molecule has 0 aromatic rings. The molecule has 0 radical (unpaired) electrons. The van der Waals surface area contributed by atoms with Gasteiger partial charge in [-0.05, 0) is 30.1 Å². The molecule has 3 aliphatic rings. The van der Waals surface area contributed by atoms with Crippen LogP contribution in [-0.2, 0) is 0 Å². The zero-order chi connectivity index (χ0) is 7.14. The molecule has 0 heteroatoms. The second-order valence-corrected chi connectivity index (χ2v) is 4.51. The highest BCUT2D eigenvalue weighted by molar-refractivity contribution is 4.94. The van der Waals surface area contributed by atoms with Crippen molar-refractivity contribution in [2.24, 2.45) is 23.7 Å². The van der Waals surface area contributed by atoms with E-state index in [1.54, 1.807) is 19.3 Å². The summed E-state index contributed by atoms with van der Waals surface area (Å²) < 4.78 is 0. The Balaban J connectivity index is 1.99. The van der Waals surface area contributed by atoms with Gasteiger partial charge in [0.15, 0.2) is 0 Å². The first-order valence-corrected chi connectivity index (χ1v) is 4.79. The fraction of sp³-hybridized carbons (Fsp3) is 1.00. The van der Waals surface area contributed by atoms with Crippen molar-refractivity contribution in [1.29, 1.82) is 0 Å². The highest BCUT2D eigenvalue weighted by Crippen LogP contribution is 2.53. The molecule has 0 spiro atoms. The molecule has 10 heavy (non-hydrogen) atoms. The van der Waals surface area contributed by atoms with Gasteiger partial charge in [0.1, 0.15) is 0 Å². The zero-order valence-corrected chi connectivity index (χ0v) is 7.14. The molecular weight excluding hydrogens is 120 g/mol. The van der Waals surface area contributed by atoms with E-state index in [1.807, 2.05) is 0 Å². The Bertz CT molecular complexity index is 112. The van der Waals surface area contributed by atoms with Crippen LogP contribution in [-0.4, -0.2) is 0 Å². The van der Waals surface area contributed by atoms with Gasteiger partial charge in [-0.1, -0.05) is 33.1 Å². The number of hydrogen-bond donors (Lipinski definition) is 0. The van der Waals surface area contributed by atoms with Crippen LogP contribution in [0.15, 0.2) is 0 Å². The monoisotopic (exact) mass is 138 g/mol. The summed E-state index contributed by atoms with van der Waals surface area (Å²) in [6.07, 6.45) is 6.18. The second-order valence-electron chi connectivity index (χ2n) is 4.51. The minimum absolute atomic E-state index is 0.962. The van der Waals surface area contributed by atoms with Crippen molar-refractivity contribution in [1.82, 2.24) is 0 Å². The molecule has 1 unspecified atom stereocenters. The molecule has 3 atom stereocenters. The Hall–Kier alpha value is 0. The van der Waals surface area contributed by atoms with Gasteiger partial charge in [-0.25, -0.2) is 0 Å². The van der Waals surface area contributed by atoms with E-state index in [0.29, 0.717) is 0 Å². The van der Waals surface area contributed by atoms with E-state index in [9.17, 15) is 0 Å². The van der Waals surface area contributed by atoms with Crippen LogP contribution >= 0.6 is 0 Å². The first-order valence-electron chi connectivity index (χ1n) is 4.79. The van der Waals surface area contributed by atoms with E-state index in [0.717, 1.165) is 23.7 Å². The lowest BCUT2D eigenvalue weighted by Crippen LogP contribution is -2.43. The predicted octanol–water partition coefficient (Wildman–Crippen LogP) is 3.08. The topological polar surface area (TPSA) is 0 Å². The normalized spacial score (nSPS) is 45.3. The molecule has 0 aromatic carbocycles. The van der Waals surface area contributed by atoms with Crippen LogP contribution in [0, 0.1) is 23.7 Å². The third-order valence-electron chi connectivity index (χ3n) is 3.61. The van der Waals surface area contributed by atoms with Crippen molar-refractivity contribution in [2.75, 3.05) is 0 Å². The molecule has 3 aliphatic carbocycles. The fourth-order valence-electron chi connectivity index (χ4n) is 3.24. The molecule has 3 saturated carbocycles. The Kier molecular flexibility index (Phi) is 1.51. The standard InChI is InChI=1S/C10H18/c1-7(2)10-8-4-3-5-9(10)6-8/h7-10H,3-6H2,1-2H3/t8-,9+,10?. The molecule has 0 saturated heterocycles. The molecule has 3 fully saturated rings. The maximum atomic E-state index is 2.40. The smallest absolute Gasteiger partial charge is 0.0334 e. The molecule has 0 N–H and O–H groups in total. The number of fused-ring (bicyclic) bond motifs is 2. The SMILES string of the molecule is CC(C)C1[C@@H]2CCC[C@H]1C2. The highest BCUT2D eigenvalue weighted by Gasteiger charge is 2.44. The molecule has 58 valence electrons. The highest BCUT2D eigenvalue weighted by atomic mass is 14.5. The summed E-state index contributed by atoms with van der Waals surface area (Å²) in [4.78, 5) is 0. The van der Waals surface area contributed by atoms with E-state index in [-0.39, 0.29) is 0 Å². The van der Waals surface area contributed by atoms with E-state index in [1.165, 1.54) is 6.42 Å². The van der Waals surface area contributed by atoms with Crippen LogP contribution in [0.2, 0.25) is 0 Å². The van der Waals surface area contributed by atoms with Crippen molar-refractivity contribution < 1.29 is 0 Å². The van der Waals surface area contributed by atoms with Crippen molar-refractivity contribution in [2.45, 2.75) is 39.5 Å². The van der Waals surface area contributed by atoms with Crippen LogP contribution in [0.25, 0.3) is 0 Å². The molecule has 2 bridgehead atoms. The molecule has 0 heterocycles. The van der Waals surface area contributed by atoms with Gasteiger partial charge in [-0.3, -0.25) is 0 Å². The van der Waals surface area contributed by atoms with Gasteiger partial charge in [0.25, 0.3) is 0 Å². The van der Waals surface area contributed by atoms with Gasteiger partial charge in [0, 0.05) is 0 Å². The summed E-state index contributed by atoms with van der Waals surface area (Å²) in [7, 11) is 0. The Morgan fingerprint density at radius 1 is 1.10 bits per heavy atom. The third-order valence-corrected chi connectivity index (χ3v) is 3.61. The van der Waals surface area contributed by atoms with Gasteiger partial charge < -0.3 is 0 Å². The van der Waals surface area contributed by atoms with E-state index in [2.05, 4.69) is 13.8 Å². The third kappa shape index (κ3) is 0.810. The van der Waals surface area contributed by atoms with Gasteiger partial charge in [-0.15, -0.1) is 0 Å². The van der Waals surface area contributed by atoms with Crippen molar-refractivity contribution in [3.63, 3.8) is 0 Å². The lowest BCUT2D eigenvalue weighted by molar-refractivity contribution is -0.0178. The van der Waals surface area contributed by atoms with Crippen LogP contribution < -0.4 is 0 Å². The Labute approximate surface area is 64.0 Å². The van der Waals surface area contributed by atoms with Crippen LogP contribution in [0.5, 0.6) is 0 Å². The summed E-state index contributed by atoms with van der Waals surface area (Å²) in [5.74, 6) is 4.36. The summed E-state index contributed by atoms with van der Waals surface area (Å²) >= 11 is 0. The van der Waals surface area contributed by atoms with Crippen LogP contribution in [0.3, 0.4) is 0 Å². The average molecular weight is 138 g/mol. The van der Waals surface area contributed by atoms with Gasteiger partial charge in [0.05, 0.1) is 0 Å². The number of rotatable bonds is 1. The predicted molar refractivity (Wildman–Crippen MR) is 43.8 cm³/mol. The first-order chi connectivity index (χ1) is 4.79. The summed E-state index contributed by atoms with van der Waals surface area (Å²) in [6, 6.07) is 0. The maximum absolute atomic E-state index is 2.40. The molecular formula is C10H18.